The molecule has 0 N–H and O–H groups in total. The number of benzene rings is 1. The summed E-state index contributed by atoms with van der Waals surface area (Å²) in [4.78, 5) is 20.7. The molecule has 7 heteroatoms. The second kappa shape index (κ2) is 6.07. The van der Waals surface area contributed by atoms with Crippen LogP contribution in [0.3, 0.4) is 0 Å². The molecular weight excluding hydrogens is 319 g/mol. The van der Waals surface area contributed by atoms with Gasteiger partial charge in [0.05, 0.1) is 22.8 Å². The smallest absolute Gasteiger partial charge is 0.296 e. The molecule has 0 aliphatic heterocycles. The van der Waals surface area contributed by atoms with Gasteiger partial charge < -0.3 is 0 Å². The van der Waals surface area contributed by atoms with E-state index in [9.17, 15) is 18.0 Å². The number of halogens is 3. The normalized spacial score (nSPS) is 13.2. The van der Waals surface area contributed by atoms with E-state index in [1.807, 2.05) is 6.07 Å². The molecule has 0 radical (unpaired) electrons. The quantitative estimate of drug-likeness (QED) is 0.735. The summed E-state index contributed by atoms with van der Waals surface area (Å²) >= 11 is 0. The summed E-state index contributed by atoms with van der Waals surface area (Å²) in [7, 11) is 0. The molecule has 3 rings (SSSR count). The molecule has 124 valence electrons. The number of nitrogens with zero attached hydrogens (tertiary/aromatic N) is 3. The average Bonchev–Trinajstić information content (AvgIpc) is 2.54. The van der Waals surface area contributed by atoms with Crippen LogP contribution in [0.2, 0.25) is 0 Å². The molecule has 2 aromatic heterocycles. The van der Waals surface area contributed by atoms with Crippen molar-refractivity contribution >= 4 is 10.9 Å². The Hall–Kier alpha value is -2.70. The minimum atomic E-state index is -4.61. The third kappa shape index (κ3) is 3.02. The fourth-order valence-corrected chi connectivity index (χ4v) is 2.69. The molecular formula is C17H14F3N3O. The Morgan fingerprint density at radius 2 is 2.00 bits per heavy atom. The molecule has 0 aliphatic rings. The summed E-state index contributed by atoms with van der Waals surface area (Å²) < 4.78 is 40.8. The maximum Gasteiger partial charge on any atom is 0.417 e. The molecule has 4 nitrogen and oxygen atoms in total. The fourth-order valence-electron chi connectivity index (χ4n) is 2.69. The molecule has 0 aliphatic carbocycles. The number of pyridine rings is 1. The van der Waals surface area contributed by atoms with Gasteiger partial charge in [0.25, 0.3) is 5.56 Å². The third-order valence-electron chi connectivity index (χ3n) is 3.85. The zero-order valence-corrected chi connectivity index (χ0v) is 12.8. The van der Waals surface area contributed by atoms with E-state index in [1.54, 1.807) is 25.4 Å². The van der Waals surface area contributed by atoms with E-state index in [0.29, 0.717) is 6.42 Å². The predicted octanol–water partition coefficient (Wildman–Crippen LogP) is 3.61. The Morgan fingerprint density at radius 1 is 1.21 bits per heavy atom. The standard InChI is InChI=1S/C17H14F3N3O/c1-11(8-12-4-3-7-21-9-12)23-10-22-14-6-2-5-13(17(18,19)20)15(14)16(23)24/h2-7,9-11H,8H2,1H3/t11-/m0/s1. The van der Waals surface area contributed by atoms with Gasteiger partial charge in [-0.2, -0.15) is 13.2 Å². The Balaban J connectivity index is 2.10. The van der Waals surface area contributed by atoms with Crippen molar-refractivity contribution in [1.82, 2.24) is 14.5 Å². The predicted molar refractivity (Wildman–Crippen MR) is 83.7 cm³/mol. The van der Waals surface area contributed by atoms with Gasteiger partial charge in [0.2, 0.25) is 0 Å². The average molecular weight is 333 g/mol. The Kier molecular flexibility index (Phi) is 4.09. The second-order valence-corrected chi connectivity index (χ2v) is 5.57. The van der Waals surface area contributed by atoms with Crippen LogP contribution in [0.4, 0.5) is 13.2 Å². The van der Waals surface area contributed by atoms with E-state index in [0.717, 1.165) is 11.6 Å². The van der Waals surface area contributed by atoms with E-state index in [4.69, 9.17) is 0 Å². The van der Waals surface area contributed by atoms with Crippen molar-refractivity contribution in [2.45, 2.75) is 25.6 Å². The summed E-state index contributed by atoms with van der Waals surface area (Å²) in [5, 5.41) is -0.398. The molecule has 1 atom stereocenters. The number of alkyl halides is 3. The van der Waals surface area contributed by atoms with Gasteiger partial charge in [0.1, 0.15) is 0 Å². The highest BCUT2D eigenvalue weighted by molar-refractivity contribution is 5.81. The number of hydrogen-bond donors (Lipinski definition) is 0. The van der Waals surface area contributed by atoms with Crippen LogP contribution >= 0.6 is 0 Å². The van der Waals surface area contributed by atoms with Gasteiger partial charge in [-0.3, -0.25) is 14.3 Å². The molecule has 1 aromatic carbocycles. The van der Waals surface area contributed by atoms with E-state index < -0.39 is 22.7 Å². The lowest BCUT2D eigenvalue weighted by Crippen LogP contribution is -2.26. The lowest BCUT2D eigenvalue weighted by Gasteiger charge is -2.16. The first-order chi connectivity index (χ1) is 11.4. The van der Waals surface area contributed by atoms with Gasteiger partial charge in [-0.15, -0.1) is 0 Å². The van der Waals surface area contributed by atoms with Crippen molar-refractivity contribution in [3.63, 3.8) is 0 Å². The van der Waals surface area contributed by atoms with Crippen molar-refractivity contribution < 1.29 is 13.2 Å². The van der Waals surface area contributed by atoms with E-state index in [2.05, 4.69) is 9.97 Å². The van der Waals surface area contributed by atoms with Crippen molar-refractivity contribution in [3.8, 4) is 0 Å². The molecule has 0 bridgehead atoms. The first kappa shape index (κ1) is 16.2. The Labute approximate surface area is 135 Å². The number of fused-ring (bicyclic) bond motifs is 1. The van der Waals surface area contributed by atoms with Crippen LogP contribution < -0.4 is 5.56 Å². The largest absolute Gasteiger partial charge is 0.417 e. The first-order valence-electron chi connectivity index (χ1n) is 7.34. The number of rotatable bonds is 3. The molecule has 3 aromatic rings. The molecule has 0 unspecified atom stereocenters. The van der Waals surface area contributed by atoms with Crippen LogP contribution in [0.25, 0.3) is 10.9 Å². The minimum absolute atomic E-state index is 0.0413. The van der Waals surface area contributed by atoms with Crippen molar-refractivity contribution in [3.05, 3.63) is 70.5 Å². The van der Waals surface area contributed by atoms with Crippen molar-refractivity contribution in [2.24, 2.45) is 0 Å². The van der Waals surface area contributed by atoms with Crippen molar-refractivity contribution in [1.29, 1.82) is 0 Å². The number of hydrogen-bond acceptors (Lipinski definition) is 3. The summed E-state index contributed by atoms with van der Waals surface area (Å²) in [5.41, 5.74) is -0.717. The van der Waals surface area contributed by atoms with Gasteiger partial charge in [0.15, 0.2) is 0 Å². The van der Waals surface area contributed by atoms with E-state index in [-0.39, 0.29) is 11.6 Å². The maximum atomic E-state index is 13.2. The van der Waals surface area contributed by atoms with Crippen LogP contribution in [-0.2, 0) is 12.6 Å². The van der Waals surface area contributed by atoms with Crippen LogP contribution in [0, 0.1) is 0 Å². The van der Waals surface area contributed by atoms with Gasteiger partial charge in [-0.05, 0) is 37.1 Å². The topological polar surface area (TPSA) is 47.8 Å². The molecule has 2 heterocycles. The van der Waals surface area contributed by atoms with Crippen LogP contribution in [-0.4, -0.2) is 14.5 Å². The molecule has 0 amide bonds. The molecule has 24 heavy (non-hydrogen) atoms. The van der Waals surface area contributed by atoms with Gasteiger partial charge in [0, 0.05) is 18.4 Å². The van der Waals surface area contributed by atoms with Crippen LogP contribution in [0.5, 0.6) is 0 Å². The molecule has 0 saturated carbocycles. The molecule has 0 spiro atoms. The second-order valence-electron chi connectivity index (χ2n) is 5.57. The third-order valence-corrected chi connectivity index (χ3v) is 3.85. The maximum absolute atomic E-state index is 13.2. The SMILES string of the molecule is C[C@@H](Cc1cccnc1)n1cnc2cccc(C(F)(F)F)c2c1=O. The van der Waals surface area contributed by atoms with E-state index >= 15 is 0 Å². The first-order valence-corrected chi connectivity index (χ1v) is 7.34. The molecule has 0 saturated heterocycles. The highest BCUT2D eigenvalue weighted by Gasteiger charge is 2.34. The summed E-state index contributed by atoms with van der Waals surface area (Å²) in [5.74, 6) is 0. The Morgan fingerprint density at radius 3 is 2.67 bits per heavy atom. The van der Waals surface area contributed by atoms with E-state index in [1.165, 1.54) is 23.0 Å². The summed E-state index contributed by atoms with van der Waals surface area (Å²) in [6.45, 7) is 1.76. The Bertz CT molecular complexity index is 920. The minimum Gasteiger partial charge on any atom is -0.296 e. The van der Waals surface area contributed by atoms with Gasteiger partial charge in [-0.1, -0.05) is 12.1 Å². The fraction of sp³-hybridized carbons (Fsp3) is 0.235. The lowest BCUT2D eigenvalue weighted by molar-refractivity contribution is -0.136. The monoisotopic (exact) mass is 333 g/mol. The van der Waals surface area contributed by atoms with Gasteiger partial charge in [-0.25, -0.2) is 4.98 Å². The van der Waals surface area contributed by atoms with Crippen LogP contribution in [0.1, 0.15) is 24.1 Å². The zero-order chi connectivity index (χ0) is 17.3. The summed E-state index contributed by atoms with van der Waals surface area (Å²) in [6.07, 6.45) is 0.456. The van der Waals surface area contributed by atoms with Gasteiger partial charge >= 0.3 is 6.18 Å². The van der Waals surface area contributed by atoms with Crippen molar-refractivity contribution in [2.75, 3.05) is 0 Å². The lowest BCUT2D eigenvalue weighted by atomic mass is 10.1. The summed E-state index contributed by atoms with van der Waals surface area (Å²) in [6, 6.07) is 6.83. The molecule has 0 fully saturated rings. The number of aromatic nitrogens is 3. The highest BCUT2D eigenvalue weighted by Crippen LogP contribution is 2.32. The highest BCUT2D eigenvalue weighted by atomic mass is 19.4. The van der Waals surface area contributed by atoms with Crippen LogP contribution in [0.15, 0.2) is 53.8 Å². The zero-order valence-electron chi connectivity index (χ0n) is 12.8.